The molecule has 0 aromatic heterocycles. The van der Waals surface area contributed by atoms with Crippen molar-refractivity contribution in [3.8, 4) is 0 Å². The lowest BCUT2D eigenvalue weighted by atomic mass is 9.96. The summed E-state index contributed by atoms with van der Waals surface area (Å²) < 4.78 is 0. The molecule has 4 nitrogen and oxygen atoms in total. The zero-order valence-corrected chi connectivity index (χ0v) is 16.1. The molecule has 0 radical (unpaired) electrons. The van der Waals surface area contributed by atoms with Gasteiger partial charge in [-0.2, -0.15) is 0 Å². The van der Waals surface area contributed by atoms with Gasteiger partial charge in [-0.15, -0.1) is 0 Å². The van der Waals surface area contributed by atoms with E-state index in [1.807, 2.05) is 4.90 Å². The number of aryl methyl sites for hydroxylation is 1. The van der Waals surface area contributed by atoms with Gasteiger partial charge in [-0.3, -0.25) is 4.79 Å². The fourth-order valence-corrected chi connectivity index (χ4v) is 4.65. The van der Waals surface area contributed by atoms with Gasteiger partial charge >= 0.3 is 0 Å². The van der Waals surface area contributed by atoms with Gasteiger partial charge in [0, 0.05) is 30.6 Å². The van der Waals surface area contributed by atoms with Crippen LogP contribution in [0.1, 0.15) is 62.5 Å². The molecule has 2 N–H and O–H groups in total. The number of nitrogens with one attached hydrogen (secondary N) is 2. The van der Waals surface area contributed by atoms with Gasteiger partial charge in [0.05, 0.1) is 0 Å². The Morgan fingerprint density at radius 2 is 2.15 bits per heavy atom. The van der Waals surface area contributed by atoms with E-state index in [0.29, 0.717) is 18.4 Å². The number of rotatable bonds is 6. The van der Waals surface area contributed by atoms with Crippen molar-refractivity contribution in [2.75, 3.05) is 31.1 Å². The second kappa shape index (κ2) is 8.10. The lowest BCUT2D eigenvalue weighted by Gasteiger charge is -2.30. The average Bonchev–Trinajstić information content (AvgIpc) is 3.46. The van der Waals surface area contributed by atoms with Crippen molar-refractivity contribution in [2.45, 2.75) is 63.8 Å². The number of hydrogen-bond acceptors (Lipinski definition) is 3. The topological polar surface area (TPSA) is 44.4 Å². The Labute approximate surface area is 157 Å². The third kappa shape index (κ3) is 3.96. The van der Waals surface area contributed by atoms with Crippen LogP contribution in [0.4, 0.5) is 5.69 Å². The van der Waals surface area contributed by atoms with E-state index < -0.39 is 0 Å². The first-order chi connectivity index (χ1) is 12.8. The van der Waals surface area contributed by atoms with Crippen molar-refractivity contribution in [2.24, 2.45) is 5.92 Å². The number of amides is 1. The fourth-order valence-electron chi connectivity index (χ4n) is 4.65. The van der Waals surface area contributed by atoms with Crippen LogP contribution >= 0.6 is 0 Å². The second-order valence-electron chi connectivity index (χ2n) is 8.34. The summed E-state index contributed by atoms with van der Waals surface area (Å²) in [5.41, 5.74) is 4.01. The molecular formula is C22H33N3O. The Hall–Kier alpha value is -1.39. The number of fused-ring (bicyclic) bond motifs is 1. The molecule has 1 amide bonds. The maximum absolute atomic E-state index is 12.4. The first-order valence-corrected chi connectivity index (χ1v) is 10.6. The molecule has 2 heterocycles. The summed E-state index contributed by atoms with van der Waals surface area (Å²) in [6.45, 7) is 6.50. The highest BCUT2D eigenvalue weighted by Gasteiger charge is 2.38. The fraction of sp³-hybridized carbons (Fsp3) is 0.682. The molecular weight excluding hydrogens is 322 g/mol. The molecule has 1 aromatic rings. The third-order valence-electron chi connectivity index (χ3n) is 6.33. The first kappa shape index (κ1) is 18.0. The van der Waals surface area contributed by atoms with Crippen LogP contribution < -0.4 is 15.5 Å². The van der Waals surface area contributed by atoms with Gasteiger partial charge < -0.3 is 15.5 Å². The average molecular weight is 356 g/mol. The summed E-state index contributed by atoms with van der Waals surface area (Å²) in [6.07, 6.45) is 7.67. The van der Waals surface area contributed by atoms with Crippen LogP contribution in [-0.2, 0) is 11.2 Å². The minimum atomic E-state index is 0.286. The van der Waals surface area contributed by atoms with Gasteiger partial charge in [0.2, 0.25) is 5.91 Å². The highest BCUT2D eigenvalue weighted by Crippen LogP contribution is 2.43. The van der Waals surface area contributed by atoms with Gasteiger partial charge in [-0.25, -0.2) is 0 Å². The summed E-state index contributed by atoms with van der Waals surface area (Å²) in [5, 5.41) is 7.25. The Bertz CT molecular complexity index is 638. The van der Waals surface area contributed by atoms with Gasteiger partial charge in [-0.1, -0.05) is 19.1 Å². The summed E-state index contributed by atoms with van der Waals surface area (Å²) in [7, 11) is 0. The number of piperidine rings is 1. The summed E-state index contributed by atoms with van der Waals surface area (Å²) in [5.74, 6) is 1.80. The summed E-state index contributed by atoms with van der Waals surface area (Å²) in [6, 6.07) is 7.52. The Kier molecular flexibility index (Phi) is 5.60. The largest absolute Gasteiger partial charge is 0.317 e. The predicted octanol–water partition coefficient (Wildman–Crippen LogP) is 3.21. The van der Waals surface area contributed by atoms with Gasteiger partial charge in [0.25, 0.3) is 0 Å². The molecule has 142 valence electrons. The number of benzene rings is 1. The second-order valence-corrected chi connectivity index (χ2v) is 8.34. The number of nitrogens with zero attached hydrogens (tertiary/aromatic N) is 1. The zero-order chi connectivity index (χ0) is 17.9. The molecule has 3 aliphatic rings. The first-order valence-electron chi connectivity index (χ1n) is 10.6. The highest BCUT2D eigenvalue weighted by atomic mass is 16.2. The summed E-state index contributed by atoms with van der Waals surface area (Å²) in [4.78, 5) is 14.4. The molecule has 0 spiro atoms. The SMILES string of the molecule is CCCC(=O)N1CCCc2cc([C@@H]3C[C@H]3NCC3CCNCC3)ccc21. The van der Waals surface area contributed by atoms with E-state index in [-0.39, 0.29) is 5.91 Å². The molecule has 0 bridgehead atoms. The van der Waals surface area contributed by atoms with Crippen molar-refractivity contribution in [1.82, 2.24) is 10.6 Å². The highest BCUT2D eigenvalue weighted by molar-refractivity contribution is 5.94. The van der Waals surface area contributed by atoms with E-state index in [1.54, 1.807) is 0 Å². The van der Waals surface area contributed by atoms with Crippen LogP contribution in [0.25, 0.3) is 0 Å². The molecule has 1 saturated carbocycles. The molecule has 1 saturated heterocycles. The minimum absolute atomic E-state index is 0.286. The van der Waals surface area contributed by atoms with Gasteiger partial charge in [0.1, 0.15) is 0 Å². The van der Waals surface area contributed by atoms with E-state index in [4.69, 9.17) is 0 Å². The van der Waals surface area contributed by atoms with E-state index in [2.05, 4.69) is 35.8 Å². The van der Waals surface area contributed by atoms with Crippen molar-refractivity contribution in [3.63, 3.8) is 0 Å². The molecule has 0 unspecified atom stereocenters. The molecule has 1 aliphatic carbocycles. The minimum Gasteiger partial charge on any atom is -0.317 e. The quantitative estimate of drug-likeness (QED) is 0.824. The van der Waals surface area contributed by atoms with E-state index in [9.17, 15) is 4.79 Å². The van der Waals surface area contributed by atoms with E-state index in [0.717, 1.165) is 31.7 Å². The zero-order valence-electron chi connectivity index (χ0n) is 16.1. The Morgan fingerprint density at radius 1 is 1.31 bits per heavy atom. The molecule has 4 rings (SSSR count). The predicted molar refractivity (Wildman–Crippen MR) is 107 cm³/mol. The van der Waals surface area contributed by atoms with Crippen molar-refractivity contribution in [3.05, 3.63) is 29.3 Å². The standard InChI is InChI=1S/C22H33N3O/c1-2-4-22(26)25-12-3-5-18-13-17(6-7-21(18)25)19-14-20(19)24-15-16-8-10-23-11-9-16/h6-7,13,16,19-20,23-24H,2-5,8-12,14-15H2,1H3/t19-,20+/m0/s1. The molecule has 26 heavy (non-hydrogen) atoms. The Balaban J connectivity index is 1.36. The number of hydrogen-bond donors (Lipinski definition) is 2. The lowest BCUT2D eigenvalue weighted by Crippen LogP contribution is -2.35. The smallest absolute Gasteiger partial charge is 0.226 e. The Morgan fingerprint density at radius 3 is 2.96 bits per heavy atom. The van der Waals surface area contributed by atoms with Crippen LogP contribution in [0, 0.1) is 5.92 Å². The van der Waals surface area contributed by atoms with Crippen LogP contribution in [0.3, 0.4) is 0 Å². The molecule has 2 fully saturated rings. The molecule has 4 heteroatoms. The van der Waals surface area contributed by atoms with Crippen LogP contribution in [0.15, 0.2) is 18.2 Å². The molecule has 2 aliphatic heterocycles. The third-order valence-corrected chi connectivity index (χ3v) is 6.33. The number of carbonyl (C=O) groups excluding carboxylic acids is 1. The van der Waals surface area contributed by atoms with Crippen LogP contribution in [-0.4, -0.2) is 38.1 Å². The maximum atomic E-state index is 12.4. The normalized spacial score (nSPS) is 25.8. The van der Waals surface area contributed by atoms with Gasteiger partial charge in [-0.05, 0) is 81.3 Å². The van der Waals surface area contributed by atoms with Crippen molar-refractivity contribution in [1.29, 1.82) is 0 Å². The molecule has 2 atom stereocenters. The van der Waals surface area contributed by atoms with E-state index >= 15 is 0 Å². The molecule has 1 aromatic carbocycles. The van der Waals surface area contributed by atoms with Crippen molar-refractivity contribution < 1.29 is 4.79 Å². The van der Waals surface area contributed by atoms with Crippen molar-refractivity contribution >= 4 is 11.6 Å². The monoisotopic (exact) mass is 355 g/mol. The number of anilines is 1. The summed E-state index contributed by atoms with van der Waals surface area (Å²) >= 11 is 0. The number of carbonyl (C=O) groups is 1. The van der Waals surface area contributed by atoms with Crippen LogP contribution in [0.5, 0.6) is 0 Å². The lowest BCUT2D eigenvalue weighted by molar-refractivity contribution is -0.118. The van der Waals surface area contributed by atoms with Gasteiger partial charge in [0.15, 0.2) is 0 Å². The maximum Gasteiger partial charge on any atom is 0.226 e. The van der Waals surface area contributed by atoms with E-state index in [1.165, 1.54) is 55.7 Å². The van der Waals surface area contributed by atoms with Crippen LogP contribution in [0.2, 0.25) is 0 Å².